The van der Waals surface area contributed by atoms with Crippen molar-refractivity contribution in [2.75, 3.05) is 6.61 Å². The Morgan fingerprint density at radius 2 is 2.10 bits per heavy atom. The van der Waals surface area contributed by atoms with E-state index in [-0.39, 0.29) is 23.6 Å². The van der Waals surface area contributed by atoms with Gasteiger partial charge in [-0.3, -0.25) is 0 Å². The Labute approximate surface area is 183 Å². The Hall–Kier alpha value is -1.98. The molecule has 31 heavy (non-hydrogen) atoms. The van der Waals surface area contributed by atoms with Crippen molar-refractivity contribution in [3.63, 3.8) is 0 Å². The van der Waals surface area contributed by atoms with Crippen LogP contribution in [0, 0.1) is 0 Å². The standard InChI is InChI=1S/C20H25ClN4O6/c1-20(2)30-15-13(9-26)28-18(16(15)31-20)25-17-11(8-22-25)12(7-14(21)24-17)29-19(27)23-10-5-3-4-6-10/h7-8,10,13,15-16,18,26H,3-6,9H2,1-2H3,(H,23,27)/t13-,15-,16-,18-/m1/s1. The van der Waals surface area contributed by atoms with E-state index in [4.69, 9.17) is 30.5 Å². The van der Waals surface area contributed by atoms with Gasteiger partial charge in [0, 0.05) is 12.1 Å². The lowest BCUT2D eigenvalue weighted by Gasteiger charge is -2.23. The maximum atomic E-state index is 12.4. The molecule has 1 saturated carbocycles. The molecule has 2 aliphatic heterocycles. The van der Waals surface area contributed by atoms with Crippen LogP contribution in [0.1, 0.15) is 45.8 Å². The zero-order valence-electron chi connectivity index (χ0n) is 17.3. The van der Waals surface area contributed by atoms with Gasteiger partial charge in [0.1, 0.15) is 29.2 Å². The van der Waals surface area contributed by atoms with Crippen molar-refractivity contribution in [1.29, 1.82) is 0 Å². The number of aromatic nitrogens is 3. The van der Waals surface area contributed by atoms with Crippen molar-refractivity contribution in [2.24, 2.45) is 0 Å². The summed E-state index contributed by atoms with van der Waals surface area (Å²) in [5.41, 5.74) is 0.381. The molecular formula is C20H25ClN4O6. The first-order valence-corrected chi connectivity index (χ1v) is 10.9. The molecule has 2 saturated heterocycles. The monoisotopic (exact) mass is 452 g/mol. The average Bonchev–Trinajstić information content (AvgIpc) is 3.45. The predicted octanol–water partition coefficient (Wildman–Crippen LogP) is 2.53. The molecule has 11 heteroatoms. The van der Waals surface area contributed by atoms with Crippen molar-refractivity contribution in [2.45, 2.75) is 75.9 Å². The maximum Gasteiger partial charge on any atom is 0.412 e. The SMILES string of the molecule is CC1(C)O[C@@H]2[C@H](O1)[C@@H](CO)O[C@H]2n1ncc2c(OC(=O)NC3CCCC3)cc(Cl)nc21. The smallest absolute Gasteiger partial charge is 0.409 e. The normalized spacial score (nSPS) is 30.1. The first kappa shape index (κ1) is 20.9. The summed E-state index contributed by atoms with van der Waals surface area (Å²) < 4.78 is 25.0. The van der Waals surface area contributed by atoms with Gasteiger partial charge in [-0.2, -0.15) is 5.10 Å². The summed E-state index contributed by atoms with van der Waals surface area (Å²) in [4.78, 5) is 16.7. The second kappa shape index (κ2) is 7.86. The van der Waals surface area contributed by atoms with E-state index in [2.05, 4.69) is 15.4 Å². The highest BCUT2D eigenvalue weighted by Gasteiger charge is 2.56. The number of hydrogen-bond acceptors (Lipinski definition) is 8. The van der Waals surface area contributed by atoms with Gasteiger partial charge in [-0.25, -0.2) is 14.5 Å². The highest BCUT2D eigenvalue weighted by molar-refractivity contribution is 6.30. The number of carbonyl (C=O) groups excluding carboxylic acids is 1. The number of carbonyl (C=O) groups is 1. The fourth-order valence-corrected chi connectivity index (χ4v) is 4.78. The van der Waals surface area contributed by atoms with Gasteiger partial charge in [0.25, 0.3) is 0 Å². The van der Waals surface area contributed by atoms with Crippen LogP contribution < -0.4 is 10.1 Å². The third-order valence-electron chi connectivity index (χ3n) is 5.92. The van der Waals surface area contributed by atoms with E-state index < -0.39 is 36.4 Å². The molecule has 168 valence electrons. The number of hydrogen-bond donors (Lipinski definition) is 2. The van der Waals surface area contributed by atoms with Crippen molar-refractivity contribution in [3.8, 4) is 5.75 Å². The van der Waals surface area contributed by atoms with Crippen LogP contribution in [0.2, 0.25) is 5.15 Å². The molecule has 0 bridgehead atoms. The van der Waals surface area contributed by atoms with Crippen LogP contribution in [-0.4, -0.2) is 62.7 Å². The van der Waals surface area contributed by atoms with Gasteiger partial charge in [0.15, 0.2) is 17.7 Å². The number of fused-ring (bicyclic) bond motifs is 2. The summed E-state index contributed by atoms with van der Waals surface area (Å²) in [7, 11) is 0. The van der Waals surface area contributed by atoms with Crippen LogP contribution in [-0.2, 0) is 14.2 Å². The zero-order valence-corrected chi connectivity index (χ0v) is 18.0. The van der Waals surface area contributed by atoms with Crippen LogP contribution in [0.15, 0.2) is 12.3 Å². The molecule has 2 N–H and O–H groups in total. The Kier molecular flexibility index (Phi) is 5.30. The molecule has 1 aliphatic carbocycles. The topological polar surface area (TPSA) is 117 Å². The number of amides is 1. The van der Waals surface area contributed by atoms with E-state index >= 15 is 0 Å². The molecule has 2 aromatic heterocycles. The number of nitrogens with one attached hydrogen (secondary N) is 1. The largest absolute Gasteiger partial charge is 0.412 e. The number of halogens is 1. The summed E-state index contributed by atoms with van der Waals surface area (Å²) in [5.74, 6) is -0.556. The molecule has 3 fully saturated rings. The maximum absolute atomic E-state index is 12.4. The minimum Gasteiger partial charge on any atom is -0.409 e. The van der Waals surface area contributed by atoms with Crippen molar-refractivity contribution < 1.29 is 28.8 Å². The molecule has 4 heterocycles. The molecule has 0 radical (unpaired) electrons. The number of pyridine rings is 1. The number of aliphatic hydroxyl groups excluding tert-OH is 1. The fourth-order valence-electron chi connectivity index (χ4n) is 4.60. The summed E-state index contributed by atoms with van der Waals surface area (Å²) in [6.07, 6.45) is 2.92. The van der Waals surface area contributed by atoms with E-state index in [1.807, 2.05) is 13.8 Å². The Bertz CT molecular complexity index is 991. The zero-order chi connectivity index (χ0) is 21.8. The lowest BCUT2D eigenvalue weighted by atomic mass is 10.1. The molecule has 0 unspecified atom stereocenters. The third-order valence-corrected chi connectivity index (χ3v) is 6.12. The quantitative estimate of drug-likeness (QED) is 0.679. The second-order valence-electron chi connectivity index (χ2n) is 8.60. The lowest BCUT2D eigenvalue weighted by molar-refractivity contribution is -0.201. The van der Waals surface area contributed by atoms with E-state index in [0.717, 1.165) is 25.7 Å². The van der Waals surface area contributed by atoms with E-state index in [9.17, 15) is 9.90 Å². The van der Waals surface area contributed by atoms with Gasteiger partial charge in [0.2, 0.25) is 0 Å². The van der Waals surface area contributed by atoms with Crippen molar-refractivity contribution in [3.05, 3.63) is 17.4 Å². The Morgan fingerprint density at radius 3 is 2.84 bits per heavy atom. The molecule has 1 amide bonds. The summed E-state index contributed by atoms with van der Waals surface area (Å²) in [5, 5.41) is 17.7. The highest BCUT2D eigenvalue weighted by atomic mass is 35.5. The average molecular weight is 453 g/mol. The van der Waals surface area contributed by atoms with Gasteiger partial charge in [-0.1, -0.05) is 24.4 Å². The molecule has 4 atom stereocenters. The molecule has 0 aromatic carbocycles. The molecule has 5 rings (SSSR count). The summed E-state index contributed by atoms with van der Waals surface area (Å²) in [6, 6.07) is 1.61. The van der Waals surface area contributed by atoms with Crippen LogP contribution in [0.25, 0.3) is 11.0 Å². The minimum atomic E-state index is -0.814. The van der Waals surface area contributed by atoms with Gasteiger partial charge < -0.3 is 29.4 Å². The van der Waals surface area contributed by atoms with Crippen LogP contribution in [0.5, 0.6) is 5.75 Å². The van der Waals surface area contributed by atoms with E-state index in [1.165, 1.54) is 10.7 Å². The van der Waals surface area contributed by atoms with Gasteiger partial charge >= 0.3 is 6.09 Å². The van der Waals surface area contributed by atoms with E-state index in [1.54, 1.807) is 6.20 Å². The number of rotatable bonds is 4. The summed E-state index contributed by atoms with van der Waals surface area (Å²) in [6.45, 7) is 3.39. The van der Waals surface area contributed by atoms with Crippen molar-refractivity contribution in [1.82, 2.24) is 20.1 Å². The van der Waals surface area contributed by atoms with Crippen LogP contribution in [0.4, 0.5) is 4.79 Å². The molecular weight excluding hydrogens is 428 g/mol. The number of aliphatic hydroxyl groups is 1. The molecule has 3 aliphatic rings. The lowest BCUT2D eigenvalue weighted by Crippen LogP contribution is -2.34. The molecule has 0 spiro atoms. The first-order chi connectivity index (χ1) is 14.8. The van der Waals surface area contributed by atoms with Gasteiger partial charge in [0.05, 0.1) is 18.2 Å². The van der Waals surface area contributed by atoms with E-state index in [0.29, 0.717) is 11.0 Å². The first-order valence-electron chi connectivity index (χ1n) is 10.5. The Morgan fingerprint density at radius 1 is 1.35 bits per heavy atom. The third kappa shape index (κ3) is 3.87. The van der Waals surface area contributed by atoms with Crippen LogP contribution >= 0.6 is 11.6 Å². The minimum absolute atomic E-state index is 0.130. The molecule has 2 aromatic rings. The number of ether oxygens (including phenoxy) is 4. The predicted molar refractivity (Wildman–Crippen MR) is 109 cm³/mol. The molecule has 10 nitrogen and oxygen atoms in total. The fraction of sp³-hybridized carbons (Fsp3) is 0.650. The van der Waals surface area contributed by atoms with Crippen molar-refractivity contribution >= 4 is 28.7 Å². The van der Waals surface area contributed by atoms with Gasteiger partial charge in [-0.15, -0.1) is 0 Å². The number of nitrogens with zero attached hydrogens (tertiary/aromatic N) is 3. The Balaban J connectivity index is 1.44. The highest BCUT2D eigenvalue weighted by Crippen LogP contribution is 2.44. The second-order valence-corrected chi connectivity index (χ2v) is 8.98. The summed E-state index contributed by atoms with van der Waals surface area (Å²) >= 11 is 6.23. The van der Waals surface area contributed by atoms with Gasteiger partial charge in [-0.05, 0) is 26.7 Å². The van der Waals surface area contributed by atoms with Crippen LogP contribution in [0.3, 0.4) is 0 Å².